The first-order valence-corrected chi connectivity index (χ1v) is 12.7. The summed E-state index contributed by atoms with van der Waals surface area (Å²) in [5, 5.41) is 13.9. The Labute approximate surface area is 218 Å². The summed E-state index contributed by atoms with van der Waals surface area (Å²) in [6.07, 6.45) is 1.58. The minimum absolute atomic E-state index is 0.418. The number of piperazine rings is 1. The molecular formula is C26H23Cl2N5OS. The van der Waals surface area contributed by atoms with Crippen molar-refractivity contribution in [2.75, 3.05) is 50.6 Å². The minimum atomic E-state index is 0.418. The Hall–Kier alpha value is -3.02. The molecule has 35 heavy (non-hydrogen) atoms. The van der Waals surface area contributed by atoms with Crippen molar-refractivity contribution < 1.29 is 4.74 Å². The van der Waals surface area contributed by atoms with Crippen LogP contribution in [0.3, 0.4) is 0 Å². The van der Waals surface area contributed by atoms with Crippen molar-refractivity contribution >= 4 is 61.8 Å². The van der Waals surface area contributed by atoms with E-state index in [-0.39, 0.29) is 0 Å². The molecule has 1 aliphatic rings. The molecule has 1 saturated heterocycles. The molecular weight excluding hydrogens is 501 g/mol. The molecule has 0 aliphatic carbocycles. The predicted octanol–water partition coefficient (Wildman–Crippen LogP) is 6.65. The van der Waals surface area contributed by atoms with Gasteiger partial charge in [-0.1, -0.05) is 35.3 Å². The van der Waals surface area contributed by atoms with Crippen molar-refractivity contribution in [3.8, 4) is 22.3 Å². The third kappa shape index (κ3) is 4.75. The lowest BCUT2D eigenvalue weighted by molar-refractivity contribution is 0.313. The number of pyridine rings is 1. The molecule has 0 unspecified atom stereocenters. The summed E-state index contributed by atoms with van der Waals surface area (Å²) in [5.41, 5.74) is 4.86. The van der Waals surface area contributed by atoms with Crippen LogP contribution in [0.1, 0.15) is 5.56 Å². The maximum atomic E-state index is 9.75. The number of hydrogen-bond donors (Lipinski definition) is 1. The van der Waals surface area contributed by atoms with Crippen LogP contribution in [0, 0.1) is 11.3 Å². The van der Waals surface area contributed by atoms with Gasteiger partial charge in [0.25, 0.3) is 0 Å². The van der Waals surface area contributed by atoms with Gasteiger partial charge >= 0.3 is 0 Å². The van der Waals surface area contributed by atoms with E-state index in [1.54, 1.807) is 36.8 Å². The van der Waals surface area contributed by atoms with Crippen molar-refractivity contribution in [1.82, 2.24) is 9.88 Å². The highest BCUT2D eigenvalue weighted by molar-refractivity contribution is 7.22. The number of nitrogens with zero attached hydrogens (tertiary/aromatic N) is 4. The summed E-state index contributed by atoms with van der Waals surface area (Å²) in [6.45, 7) is 4.22. The molecule has 4 aromatic rings. The Balaban J connectivity index is 1.49. The van der Waals surface area contributed by atoms with Crippen molar-refractivity contribution in [3.05, 3.63) is 64.3 Å². The minimum Gasteiger partial charge on any atom is -0.495 e. The maximum Gasteiger partial charge on any atom is 0.139 e. The largest absolute Gasteiger partial charge is 0.495 e. The first-order chi connectivity index (χ1) is 17.0. The molecule has 0 amide bonds. The van der Waals surface area contributed by atoms with E-state index in [9.17, 15) is 5.26 Å². The van der Waals surface area contributed by atoms with Crippen LogP contribution in [0.15, 0.2) is 48.7 Å². The lowest BCUT2D eigenvalue weighted by atomic mass is 10.1. The average Bonchev–Trinajstić information content (AvgIpc) is 3.31. The van der Waals surface area contributed by atoms with Crippen LogP contribution in [0.4, 0.5) is 17.1 Å². The Morgan fingerprint density at radius 3 is 2.49 bits per heavy atom. The zero-order valence-corrected chi connectivity index (χ0v) is 21.6. The zero-order chi connectivity index (χ0) is 24.5. The number of hydrogen-bond acceptors (Lipinski definition) is 7. The molecule has 6 nitrogen and oxygen atoms in total. The first-order valence-electron chi connectivity index (χ1n) is 11.1. The van der Waals surface area contributed by atoms with Gasteiger partial charge in [0.15, 0.2) is 0 Å². The Kier molecular flexibility index (Phi) is 6.72. The number of ether oxygens (including phenoxy) is 1. The van der Waals surface area contributed by atoms with Gasteiger partial charge in [-0.2, -0.15) is 5.26 Å². The summed E-state index contributed by atoms with van der Waals surface area (Å²) in [6, 6.07) is 16.3. The van der Waals surface area contributed by atoms with Crippen LogP contribution < -0.4 is 15.0 Å². The van der Waals surface area contributed by atoms with Gasteiger partial charge in [0.2, 0.25) is 0 Å². The number of nitriles is 1. The molecule has 1 fully saturated rings. The highest BCUT2D eigenvalue weighted by Gasteiger charge is 2.18. The number of benzene rings is 2. The molecule has 9 heteroatoms. The van der Waals surface area contributed by atoms with Gasteiger partial charge in [-0.05, 0) is 36.9 Å². The smallest absolute Gasteiger partial charge is 0.139 e. The Morgan fingerprint density at radius 2 is 1.80 bits per heavy atom. The molecule has 0 radical (unpaired) electrons. The van der Waals surface area contributed by atoms with E-state index in [2.05, 4.69) is 63.5 Å². The van der Waals surface area contributed by atoms with Gasteiger partial charge in [-0.15, -0.1) is 11.3 Å². The quantitative estimate of drug-likeness (QED) is 0.316. The number of halogens is 2. The summed E-state index contributed by atoms with van der Waals surface area (Å²) in [4.78, 5) is 10.4. The monoisotopic (exact) mass is 523 g/mol. The van der Waals surface area contributed by atoms with E-state index >= 15 is 0 Å². The predicted molar refractivity (Wildman–Crippen MR) is 146 cm³/mol. The summed E-state index contributed by atoms with van der Waals surface area (Å²) in [7, 11) is 3.71. The molecule has 178 valence electrons. The topological polar surface area (TPSA) is 64.4 Å². The summed E-state index contributed by atoms with van der Waals surface area (Å²) in [5.74, 6) is 0.495. The van der Waals surface area contributed by atoms with E-state index in [0.29, 0.717) is 32.7 Å². The van der Waals surface area contributed by atoms with Crippen molar-refractivity contribution in [2.45, 2.75) is 0 Å². The lowest BCUT2D eigenvalue weighted by Gasteiger charge is -2.34. The molecule has 1 N–H and O–H groups in total. The number of rotatable bonds is 5. The number of nitrogens with one attached hydrogen (secondary N) is 1. The van der Waals surface area contributed by atoms with Crippen molar-refractivity contribution in [1.29, 1.82) is 5.26 Å². The second kappa shape index (κ2) is 9.92. The van der Waals surface area contributed by atoms with E-state index < -0.39 is 0 Å². The summed E-state index contributed by atoms with van der Waals surface area (Å²) >= 11 is 14.2. The van der Waals surface area contributed by atoms with E-state index in [4.69, 9.17) is 27.9 Å². The van der Waals surface area contributed by atoms with Crippen molar-refractivity contribution in [3.63, 3.8) is 0 Å². The van der Waals surface area contributed by atoms with Crippen LogP contribution in [0.25, 0.3) is 20.7 Å². The highest BCUT2D eigenvalue weighted by atomic mass is 35.5. The zero-order valence-electron chi connectivity index (χ0n) is 19.3. The van der Waals surface area contributed by atoms with Gasteiger partial charge in [-0.3, -0.25) is 4.98 Å². The fourth-order valence-electron chi connectivity index (χ4n) is 4.15. The van der Waals surface area contributed by atoms with Gasteiger partial charge in [0.05, 0.1) is 44.3 Å². The SMILES string of the molecule is COc1cc(Nc2c(C#N)cnc3cc(-c4ccc(N5CCN(C)CC5)cc4)sc23)c(Cl)cc1Cl. The van der Waals surface area contributed by atoms with Crippen LogP contribution >= 0.6 is 34.5 Å². The average molecular weight is 524 g/mol. The van der Waals surface area contributed by atoms with Crippen LogP contribution in [-0.4, -0.2) is 50.2 Å². The van der Waals surface area contributed by atoms with Crippen LogP contribution in [-0.2, 0) is 0 Å². The van der Waals surface area contributed by atoms with E-state index in [1.807, 2.05) is 0 Å². The Morgan fingerprint density at radius 1 is 1.06 bits per heavy atom. The van der Waals surface area contributed by atoms with Gasteiger partial charge in [0.1, 0.15) is 11.8 Å². The standard InChI is InChI=1S/C26H23Cl2N5OS/c1-32-7-9-33(10-8-32)18-5-3-16(4-6-18)24-13-22-26(35-24)25(17(14-29)15-30-22)31-21-12-23(34-2)20(28)11-19(21)27/h3-6,11-13,15H,7-10H2,1-2H3,(H,30,31). The molecule has 2 aromatic heterocycles. The number of thiophene rings is 1. The molecule has 0 saturated carbocycles. The number of anilines is 3. The normalized spacial score (nSPS) is 14.2. The lowest BCUT2D eigenvalue weighted by Crippen LogP contribution is -2.44. The van der Waals surface area contributed by atoms with Gasteiger partial charge < -0.3 is 19.9 Å². The van der Waals surface area contributed by atoms with Crippen LogP contribution in [0.2, 0.25) is 10.0 Å². The third-order valence-electron chi connectivity index (χ3n) is 6.18. The van der Waals surface area contributed by atoms with E-state index in [1.165, 1.54) is 5.69 Å². The third-order valence-corrected chi connectivity index (χ3v) is 7.98. The number of aromatic nitrogens is 1. The molecule has 0 atom stereocenters. The van der Waals surface area contributed by atoms with Gasteiger partial charge in [-0.25, -0.2) is 0 Å². The first kappa shape index (κ1) is 23.7. The Bertz CT molecular complexity index is 1420. The number of likely N-dealkylation sites (N-methyl/N-ethyl adjacent to an activating group) is 1. The fourth-order valence-corrected chi connectivity index (χ4v) is 5.78. The molecule has 3 heterocycles. The molecule has 0 spiro atoms. The maximum absolute atomic E-state index is 9.75. The molecule has 1 aliphatic heterocycles. The van der Waals surface area contributed by atoms with E-state index in [0.717, 1.165) is 46.8 Å². The number of methoxy groups -OCH3 is 1. The van der Waals surface area contributed by atoms with Crippen LogP contribution in [0.5, 0.6) is 5.75 Å². The highest BCUT2D eigenvalue weighted by Crippen LogP contribution is 2.42. The van der Waals surface area contributed by atoms with Gasteiger partial charge in [0, 0.05) is 49.0 Å². The number of fused-ring (bicyclic) bond motifs is 1. The molecule has 5 rings (SSSR count). The fraction of sp³-hybridized carbons (Fsp3) is 0.231. The second-order valence-electron chi connectivity index (χ2n) is 8.41. The second-order valence-corrected chi connectivity index (χ2v) is 10.3. The van der Waals surface area contributed by atoms with Crippen molar-refractivity contribution in [2.24, 2.45) is 0 Å². The molecule has 2 aromatic carbocycles. The summed E-state index contributed by atoms with van der Waals surface area (Å²) < 4.78 is 6.21. The molecule has 0 bridgehead atoms.